The normalized spacial score (nSPS) is 12.0. The number of unbranched alkanes of at least 4 members (excludes halogenated alkanes) is 1. The zero-order valence-electron chi connectivity index (χ0n) is 16.7. The van der Waals surface area contributed by atoms with Gasteiger partial charge in [0.25, 0.3) is 0 Å². The van der Waals surface area contributed by atoms with Crippen LogP contribution in [0.5, 0.6) is 0 Å². The molecular formula is C22H25B3O2S2. The van der Waals surface area contributed by atoms with Crippen molar-refractivity contribution >= 4 is 69.4 Å². The molecule has 0 saturated carbocycles. The van der Waals surface area contributed by atoms with E-state index in [0.29, 0.717) is 21.6 Å². The molecule has 0 aromatic heterocycles. The first-order valence-electron chi connectivity index (χ1n) is 9.84. The fourth-order valence-corrected chi connectivity index (χ4v) is 5.51. The molecule has 29 heavy (non-hydrogen) atoms. The van der Waals surface area contributed by atoms with Gasteiger partial charge >= 0.3 is 5.97 Å². The smallest absolute Gasteiger partial charge is 0.303 e. The molecule has 0 aliphatic rings. The third-order valence-corrected chi connectivity index (χ3v) is 7.21. The van der Waals surface area contributed by atoms with E-state index in [1.165, 1.54) is 5.56 Å². The molecule has 0 heterocycles. The third kappa shape index (κ3) is 9.00. The third-order valence-electron chi connectivity index (χ3n) is 4.75. The standard InChI is InChI=1S/C22H25B3O2S2/c23-19-10-11-20(24)22(25)18(19)15-28-13-12-17(8-4-5-9-21(26)27)29-14-16-6-2-1-3-7-16/h1-3,6-7,10-11,17H,4-5,8-9,12-15H2,(H,26,27). The van der Waals surface area contributed by atoms with E-state index < -0.39 is 5.97 Å². The van der Waals surface area contributed by atoms with Crippen LogP contribution in [0, 0.1) is 0 Å². The maximum atomic E-state index is 10.7. The second-order valence-electron chi connectivity index (χ2n) is 7.04. The quantitative estimate of drug-likeness (QED) is 0.401. The fourth-order valence-electron chi connectivity index (χ4n) is 3.00. The van der Waals surface area contributed by atoms with Gasteiger partial charge in [0, 0.05) is 23.2 Å². The average molecular weight is 418 g/mol. The van der Waals surface area contributed by atoms with Crippen molar-refractivity contribution in [1.82, 2.24) is 0 Å². The lowest BCUT2D eigenvalue weighted by atomic mass is 9.73. The molecule has 2 nitrogen and oxygen atoms in total. The molecule has 0 amide bonds. The molecule has 2 aromatic rings. The summed E-state index contributed by atoms with van der Waals surface area (Å²) in [4.78, 5) is 10.7. The largest absolute Gasteiger partial charge is 0.481 e. The molecule has 2 aromatic carbocycles. The van der Waals surface area contributed by atoms with E-state index in [0.717, 1.165) is 48.5 Å². The van der Waals surface area contributed by atoms with E-state index in [9.17, 15) is 4.79 Å². The van der Waals surface area contributed by atoms with Gasteiger partial charge in [0.1, 0.15) is 23.5 Å². The van der Waals surface area contributed by atoms with E-state index in [1.54, 1.807) is 6.07 Å². The minimum absolute atomic E-state index is 0.249. The van der Waals surface area contributed by atoms with Crippen LogP contribution in [-0.4, -0.2) is 45.6 Å². The summed E-state index contributed by atoms with van der Waals surface area (Å²) in [5.74, 6) is 2.01. The zero-order valence-corrected chi connectivity index (χ0v) is 18.3. The maximum Gasteiger partial charge on any atom is 0.303 e. The Bertz CT molecular complexity index is 772. The van der Waals surface area contributed by atoms with Crippen LogP contribution < -0.4 is 16.4 Å². The minimum atomic E-state index is -0.716. The highest BCUT2D eigenvalue weighted by molar-refractivity contribution is 7.99. The predicted octanol–water partition coefficient (Wildman–Crippen LogP) is 2.64. The number of hydrogen-bond donors (Lipinski definition) is 1. The van der Waals surface area contributed by atoms with Gasteiger partial charge in [-0.05, 0) is 30.6 Å². The molecule has 0 fully saturated rings. The van der Waals surface area contributed by atoms with Gasteiger partial charge in [0.2, 0.25) is 0 Å². The van der Waals surface area contributed by atoms with Crippen molar-refractivity contribution in [3.05, 3.63) is 53.6 Å². The Morgan fingerprint density at radius 2 is 1.66 bits per heavy atom. The summed E-state index contributed by atoms with van der Waals surface area (Å²) in [6, 6.07) is 14.0. The highest BCUT2D eigenvalue weighted by Gasteiger charge is 2.11. The molecule has 7 heteroatoms. The Labute approximate surface area is 187 Å². The second kappa shape index (κ2) is 13.2. The van der Waals surface area contributed by atoms with Crippen molar-refractivity contribution in [2.24, 2.45) is 0 Å². The highest BCUT2D eigenvalue weighted by atomic mass is 32.2. The average Bonchev–Trinajstić information content (AvgIpc) is 2.71. The van der Waals surface area contributed by atoms with E-state index in [-0.39, 0.29) is 6.42 Å². The zero-order chi connectivity index (χ0) is 21.1. The van der Waals surface area contributed by atoms with Crippen molar-refractivity contribution in [3.63, 3.8) is 0 Å². The van der Waals surface area contributed by atoms with Crippen LogP contribution in [0.15, 0.2) is 42.5 Å². The topological polar surface area (TPSA) is 37.3 Å². The molecule has 1 unspecified atom stereocenters. The number of benzene rings is 2. The SMILES string of the molecule is [B]c1ccc([B])c(CSCCC(CCCCC(=O)O)SCc2ccccc2)c1[B]. The van der Waals surface area contributed by atoms with Crippen molar-refractivity contribution in [2.75, 3.05) is 5.75 Å². The minimum Gasteiger partial charge on any atom is -0.481 e. The van der Waals surface area contributed by atoms with Crippen LogP contribution >= 0.6 is 23.5 Å². The van der Waals surface area contributed by atoms with Crippen molar-refractivity contribution in [1.29, 1.82) is 0 Å². The number of carbonyl (C=O) groups is 1. The summed E-state index contributed by atoms with van der Waals surface area (Å²) < 4.78 is 0. The van der Waals surface area contributed by atoms with Crippen LogP contribution in [0.25, 0.3) is 0 Å². The number of hydrogen-bond acceptors (Lipinski definition) is 3. The van der Waals surface area contributed by atoms with Gasteiger partial charge < -0.3 is 5.11 Å². The lowest BCUT2D eigenvalue weighted by Gasteiger charge is -2.18. The number of thioether (sulfide) groups is 2. The Hall–Kier alpha value is -1.20. The van der Waals surface area contributed by atoms with E-state index in [2.05, 4.69) is 24.3 Å². The van der Waals surface area contributed by atoms with Gasteiger partial charge in [-0.1, -0.05) is 59.9 Å². The molecule has 0 spiro atoms. The molecule has 0 aliphatic heterocycles. The first kappa shape index (κ1) is 24.1. The summed E-state index contributed by atoms with van der Waals surface area (Å²) in [5, 5.41) is 9.35. The Morgan fingerprint density at radius 1 is 0.931 bits per heavy atom. The first-order valence-corrected chi connectivity index (χ1v) is 12.0. The van der Waals surface area contributed by atoms with Crippen LogP contribution in [0.1, 0.15) is 43.2 Å². The Balaban J connectivity index is 1.82. The maximum absolute atomic E-state index is 10.7. The van der Waals surface area contributed by atoms with E-state index >= 15 is 0 Å². The Morgan fingerprint density at radius 3 is 2.38 bits per heavy atom. The molecule has 0 saturated heterocycles. The number of carboxylic acids is 1. The van der Waals surface area contributed by atoms with Crippen LogP contribution in [-0.2, 0) is 16.3 Å². The lowest BCUT2D eigenvalue weighted by Crippen LogP contribution is -2.34. The highest BCUT2D eigenvalue weighted by Crippen LogP contribution is 2.27. The number of rotatable bonds is 13. The van der Waals surface area contributed by atoms with Gasteiger partial charge in [0.15, 0.2) is 0 Å². The monoisotopic (exact) mass is 418 g/mol. The summed E-state index contributed by atoms with van der Waals surface area (Å²) >= 11 is 3.77. The number of carboxylic acid groups (broad SMARTS) is 1. The van der Waals surface area contributed by atoms with Gasteiger partial charge in [-0.2, -0.15) is 23.5 Å². The molecule has 0 bridgehead atoms. The van der Waals surface area contributed by atoms with Crippen molar-refractivity contribution < 1.29 is 9.90 Å². The second-order valence-corrected chi connectivity index (χ2v) is 9.43. The van der Waals surface area contributed by atoms with Crippen LogP contribution in [0.2, 0.25) is 0 Å². The number of aliphatic carboxylic acids is 1. The molecule has 1 atom stereocenters. The van der Waals surface area contributed by atoms with Gasteiger partial charge in [0.05, 0.1) is 0 Å². The van der Waals surface area contributed by atoms with E-state index in [1.807, 2.05) is 35.7 Å². The van der Waals surface area contributed by atoms with Gasteiger partial charge in [-0.15, -0.1) is 10.9 Å². The lowest BCUT2D eigenvalue weighted by molar-refractivity contribution is -0.137. The summed E-state index contributed by atoms with van der Waals surface area (Å²) in [5.41, 5.74) is 4.09. The molecular weight excluding hydrogens is 393 g/mol. The van der Waals surface area contributed by atoms with Crippen LogP contribution in [0.3, 0.4) is 0 Å². The Kier molecular flexibility index (Phi) is 10.9. The van der Waals surface area contributed by atoms with Crippen LogP contribution in [0.4, 0.5) is 0 Å². The van der Waals surface area contributed by atoms with Gasteiger partial charge in [-0.25, -0.2) is 0 Å². The molecule has 1 N–H and O–H groups in total. The summed E-state index contributed by atoms with van der Waals surface area (Å²) in [6.07, 6.45) is 4.03. The first-order chi connectivity index (χ1) is 14.0. The van der Waals surface area contributed by atoms with Crippen molar-refractivity contribution in [2.45, 2.75) is 48.9 Å². The fraction of sp³-hybridized carbons (Fsp3) is 0.409. The van der Waals surface area contributed by atoms with E-state index in [4.69, 9.17) is 28.6 Å². The predicted molar refractivity (Wildman–Crippen MR) is 131 cm³/mol. The summed E-state index contributed by atoms with van der Waals surface area (Å²) in [7, 11) is 18.0. The van der Waals surface area contributed by atoms with Gasteiger partial charge in [-0.3, -0.25) is 4.79 Å². The summed E-state index contributed by atoms with van der Waals surface area (Å²) in [6.45, 7) is 0. The van der Waals surface area contributed by atoms with Crippen molar-refractivity contribution in [3.8, 4) is 0 Å². The molecule has 146 valence electrons. The molecule has 6 radical (unpaired) electrons. The molecule has 2 rings (SSSR count). The molecule has 0 aliphatic carbocycles.